The molecule has 4 aliphatic rings. The Balaban J connectivity index is 1.66. The summed E-state index contributed by atoms with van der Waals surface area (Å²) in [5.41, 5.74) is 4.90. The van der Waals surface area contributed by atoms with Crippen molar-refractivity contribution in [3.8, 4) is 0 Å². The standard InChI is InChI=1S/C20H30O3/c1-19-10-8-15-14-9-11-20(22-2,23-3)12-13(14)4-5-16(15)17(19)6-7-18(19)21/h8,16-18,21H,4-7,9-12H2,1-3H3/t16-,17+,18?,19?/m1/s1. The van der Waals surface area contributed by atoms with E-state index in [-0.39, 0.29) is 11.5 Å². The van der Waals surface area contributed by atoms with Gasteiger partial charge in [0.15, 0.2) is 5.79 Å². The van der Waals surface area contributed by atoms with Crippen LogP contribution < -0.4 is 0 Å². The van der Waals surface area contributed by atoms with Gasteiger partial charge in [-0.2, -0.15) is 0 Å². The van der Waals surface area contributed by atoms with Crippen LogP contribution in [-0.4, -0.2) is 31.2 Å². The molecule has 3 nitrogen and oxygen atoms in total. The van der Waals surface area contributed by atoms with Gasteiger partial charge in [0, 0.05) is 32.5 Å². The second-order valence-corrected chi connectivity index (χ2v) is 8.29. The number of fused-ring (bicyclic) bond motifs is 4. The molecule has 1 N–H and O–H groups in total. The lowest BCUT2D eigenvalue weighted by Gasteiger charge is -2.48. The third-order valence-corrected chi connectivity index (χ3v) is 7.52. The maximum Gasteiger partial charge on any atom is 0.171 e. The van der Waals surface area contributed by atoms with Crippen molar-refractivity contribution in [2.24, 2.45) is 17.3 Å². The highest BCUT2D eigenvalue weighted by molar-refractivity contribution is 5.44. The molecule has 1 fully saturated rings. The Morgan fingerprint density at radius 3 is 2.65 bits per heavy atom. The number of aliphatic hydroxyl groups is 1. The molecular formula is C20H30O3. The summed E-state index contributed by atoms with van der Waals surface area (Å²) in [6.07, 6.45) is 10.9. The average molecular weight is 318 g/mol. The summed E-state index contributed by atoms with van der Waals surface area (Å²) in [5, 5.41) is 10.5. The molecule has 0 radical (unpaired) electrons. The lowest BCUT2D eigenvalue weighted by molar-refractivity contribution is -0.212. The SMILES string of the molecule is COC1(OC)CCC2=C(CC[C@@H]3C2=CCC2(C)C(O)CC[C@@H]32)C1. The van der Waals surface area contributed by atoms with E-state index < -0.39 is 5.79 Å². The molecule has 128 valence electrons. The number of methoxy groups -OCH3 is 2. The monoisotopic (exact) mass is 318 g/mol. The van der Waals surface area contributed by atoms with Crippen LogP contribution in [0.5, 0.6) is 0 Å². The van der Waals surface area contributed by atoms with Crippen LogP contribution in [0.3, 0.4) is 0 Å². The summed E-state index contributed by atoms with van der Waals surface area (Å²) in [4.78, 5) is 0. The van der Waals surface area contributed by atoms with Crippen LogP contribution in [0.15, 0.2) is 22.8 Å². The zero-order valence-electron chi connectivity index (χ0n) is 14.7. The van der Waals surface area contributed by atoms with Gasteiger partial charge in [0.1, 0.15) is 0 Å². The van der Waals surface area contributed by atoms with Crippen molar-refractivity contribution >= 4 is 0 Å². The molecule has 0 saturated heterocycles. The van der Waals surface area contributed by atoms with Crippen LogP contribution in [-0.2, 0) is 9.47 Å². The average Bonchev–Trinajstić information content (AvgIpc) is 2.89. The molecule has 2 unspecified atom stereocenters. The maximum atomic E-state index is 10.5. The van der Waals surface area contributed by atoms with Gasteiger partial charge < -0.3 is 14.6 Å². The first kappa shape index (κ1) is 15.9. The molecule has 0 heterocycles. The molecule has 4 rings (SSSR count). The highest BCUT2D eigenvalue weighted by Gasteiger charge is 2.53. The topological polar surface area (TPSA) is 38.7 Å². The Morgan fingerprint density at radius 1 is 1.13 bits per heavy atom. The van der Waals surface area contributed by atoms with Crippen molar-refractivity contribution in [3.63, 3.8) is 0 Å². The van der Waals surface area contributed by atoms with E-state index >= 15 is 0 Å². The Morgan fingerprint density at radius 2 is 1.91 bits per heavy atom. The van der Waals surface area contributed by atoms with E-state index in [1.807, 2.05) is 0 Å². The normalized spacial score (nSPS) is 41.9. The van der Waals surface area contributed by atoms with E-state index in [2.05, 4.69) is 13.0 Å². The van der Waals surface area contributed by atoms with Crippen molar-refractivity contribution in [1.29, 1.82) is 0 Å². The largest absolute Gasteiger partial charge is 0.393 e. The predicted molar refractivity (Wildman–Crippen MR) is 89.9 cm³/mol. The van der Waals surface area contributed by atoms with Crippen molar-refractivity contribution in [3.05, 3.63) is 22.8 Å². The minimum Gasteiger partial charge on any atom is -0.393 e. The van der Waals surface area contributed by atoms with E-state index in [0.717, 1.165) is 32.1 Å². The zero-order chi connectivity index (χ0) is 16.2. The summed E-state index contributed by atoms with van der Waals surface area (Å²) in [7, 11) is 3.54. The third-order valence-electron chi connectivity index (χ3n) is 7.52. The zero-order valence-corrected chi connectivity index (χ0v) is 14.7. The van der Waals surface area contributed by atoms with E-state index in [0.29, 0.717) is 11.8 Å². The van der Waals surface area contributed by atoms with Crippen LogP contribution in [0.2, 0.25) is 0 Å². The summed E-state index contributed by atoms with van der Waals surface area (Å²) < 4.78 is 11.4. The number of hydrogen-bond acceptors (Lipinski definition) is 3. The van der Waals surface area contributed by atoms with Crippen LogP contribution in [0.1, 0.15) is 58.3 Å². The quantitative estimate of drug-likeness (QED) is 0.783. The summed E-state index contributed by atoms with van der Waals surface area (Å²) in [6, 6.07) is 0. The van der Waals surface area contributed by atoms with Crippen molar-refractivity contribution < 1.29 is 14.6 Å². The molecule has 0 amide bonds. The van der Waals surface area contributed by atoms with Gasteiger partial charge in [-0.05, 0) is 61.5 Å². The van der Waals surface area contributed by atoms with Gasteiger partial charge in [-0.1, -0.05) is 18.6 Å². The molecule has 1 saturated carbocycles. The fourth-order valence-electron chi connectivity index (χ4n) is 5.96. The third kappa shape index (κ3) is 2.20. The fraction of sp³-hybridized carbons (Fsp3) is 0.800. The number of allylic oxidation sites excluding steroid dienone is 3. The molecule has 0 spiro atoms. The first-order valence-electron chi connectivity index (χ1n) is 9.23. The van der Waals surface area contributed by atoms with E-state index in [1.165, 1.54) is 19.3 Å². The molecule has 0 aromatic rings. The molecule has 0 aromatic carbocycles. The Kier molecular flexibility index (Phi) is 3.75. The first-order valence-corrected chi connectivity index (χ1v) is 9.23. The molecule has 0 aromatic heterocycles. The van der Waals surface area contributed by atoms with E-state index in [9.17, 15) is 5.11 Å². The second-order valence-electron chi connectivity index (χ2n) is 8.29. The highest BCUT2D eigenvalue weighted by atomic mass is 16.7. The summed E-state index contributed by atoms with van der Waals surface area (Å²) in [6.45, 7) is 2.31. The van der Waals surface area contributed by atoms with Gasteiger partial charge in [-0.15, -0.1) is 0 Å². The Labute approximate surface area is 139 Å². The number of hydrogen-bond donors (Lipinski definition) is 1. The minimum absolute atomic E-state index is 0.110. The predicted octanol–water partition coefficient (Wildman–Crippen LogP) is 3.97. The van der Waals surface area contributed by atoms with Gasteiger partial charge in [-0.25, -0.2) is 0 Å². The molecule has 4 aliphatic carbocycles. The van der Waals surface area contributed by atoms with E-state index in [4.69, 9.17) is 9.47 Å². The van der Waals surface area contributed by atoms with Gasteiger partial charge in [-0.3, -0.25) is 0 Å². The first-order chi connectivity index (χ1) is 11.0. The summed E-state index contributed by atoms with van der Waals surface area (Å²) >= 11 is 0. The highest BCUT2D eigenvalue weighted by Crippen LogP contribution is 2.59. The molecule has 0 bridgehead atoms. The van der Waals surface area contributed by atoms with Crippen molar-refractivity contribution in [1.82, 2.24) is 0 Å². The molecular weight excluding hydrogens is 288 g/mol. The summed E-state index contributed by atoms with van der Waals surface area (Å²) in [5.74, 6) is 0.934. The van der Waals surface area contributed by atoms with Gasteiger partial charge in [0.2, 0.25) is 0 Å². The Bertz CT molecular complexity index is 557. The van der Waals surface area contributed by atoms with Crippen molar-refractivity contribution in [2.75, 3.05) is 14.2 Å². The fourth-order valence-corrected chi connectivity index (χ4v) is 5.96. The molecule has 23 heavy (non-hydrogen) atoms. The minimum atomic E-state index is -0.404. The van der Waals surface area contributed by atoms with Crippen LogP contribution in [0, 0.1) is 17.3 Å². The lowest BCUT2D eigenvalue weighted by Crippen LogP contribution is -2.42. The number of rotatable bonds is 2. The van der Waals surface area contributed by atoms with Crippen LogP contribution >= 0.6 is 0 Å². The number of aliphatic hydroxyl groups excluding tert-OH is 1. The van der Waals surface area contributed by atoms with Gasteiger partial charge in [0.05, 0.1) is 6.10 Å². The molecule has 0 aliphatic heterocycles. The van der Waals surface area contributed by atoms with E-state index in [1.54, 1.807) is 30.9 Å². The van der Waals surface area contributed by atoms with Gasteiger partial charge >= 0.3 is 0 Å². The molecule has 4 atom stereocenters. The van der Waals surface area contributed by atoms with Crippen LogP contribution in [0.4, 0.5) is 0 Å². The Hall–Kier alpha value is -0.640. The van der Waals surface area contributed by atoms with Crippen molar-refractivity contribution in [2.45, 2.75) is 70.2 Å². The lowest BCUT2D eigenvalue weighted by atomic mass is 9.58. The maximum absolute atomic E-state index is 10.5. The number of ether oxygens (including phenoxy) is 2. The van der Waals surface area contributed by atoms with Crippen LogP contribution in [0.25, 0.3) is 0 Å². The molecule has 3 heteroatoms. The van der Waals surface area contributed by atoms with Gasteiger partial charge in [0.25, 0.3) is 0 Å². The second kappa shape index (κ2) is 5.44. The smallest absolute Gasteiger partial charge is 0.171 e.